The summed E-state index contributed by atoms with van der Waals surface area (Å²) in [4.78, 5) is 0.818. The van der Waals surface area contributed by atoms with Gasteiger partial charge in [-0.3, -0.25) is 0 Å². The first-order chi connectivity index (χ1) is 9.61. The molecule has 21 heavy (non-hydrogen) atoms. The number of thiophene rings is 1. The fourth-order valence-electron chi connectivity index (χ4n) is 1.72. The van der Waals surface area contributed by atoms with E-state index >= 15 is 0 Å². The van der Waals surface area contributed by atoms with Gasteiger partial charge in [0.25, 0.3) is 10.0 Å². The molecule has 1 N–H and O–H groups in total. The Kier molecular flexibility index (Phi) is 6.21. The van der Waals surface area contributed by atoms with Crippen LogP contribution in [0.15, 0.2) is 10.3 Å². The first-order valence-corrected chi connectivity index (χ1v) is 8.74. The summed E-state index contributed by atoms with van der Waals surface area (Å²) in [5.74, 6) is 0. The average Bonchev–Trinajstić information content (AvgIpc) is 2.74. The van der Waals surface area contributed by atoms with E-state index in [1.165, 1.54) is 13.0 Å². The second-order valence-corrected chi connectivity index (χ2v) is 7.80. The summed E-state index contributed by atoms with van der Waals surface area (Å²) >= 11 is 1.02. The van der Waals surface area contributed by atoms with E-state index in [-0.39, 0.29) is 10.8 Å². The third-order valence-electron chi connectivity index (χ3n) is 2.84. The maximum Gasteiger partial charge on any atom is 0.402 e. The van der Waals surface area contributed by atoms with E-state index in [0.29, 0.717) is 10.8 Å². The second-order valence-electron chi connectivity index (χ2n) is 4.50. The number of hydrogen-bond donors (Lipinski definition) is 1. The van der Waals surface area contributed by atoms with E-state index in [1.807, 2.05) is 6.92 Å². The molecule has 1 aromatic rings. The minimum atomic E-state index is -4.55. The standard InChI is InChI=1S/C12H19F3N2O2S2/c1-4-16-7-10-9(3)6-11(20-10)21(18,19)17(5-2)8-12(13,14)15/h6,16H,4-5,7-8H2,1-3H3. The van der Waals surface area contributed by atoms with Crippen LogP contribution in [-0.4, -0.2) is 38.5 Å². The topological polar surface area (TPSA) is 49.4 Å². The number of hydrogen-bond acceptors (Lipinski definition) is 4. The van der Waals surface area contributed by atoms with Crippen LogP contribution in [0, 0.1) is 6.92 Å². The number of rotatable bonds is 7. The summed E-state index contributed by atoms with van der Waals surface area (Å²) in [6.45, 7) is 4.61. The molecular weight excluding hydrogens is 325 g/mol. The summed E-state index contributed by atoms with van der Waals surface area (Å²) in [7, 11) is -4.11. The van der Waals surface area contributed by atoms with Crippen LogP contribution in [-0.2, 0) is 16.6 Å². The maximum absolute atomic E-state index is 12.5. The molecule has 122 valence electrons. The molecule has 0 spiro atoms. The molecule has 1 heterocycles. The predicted octanol–water partition coefficient (Wildman–Crippen LogP) is 2.74. The van der Waals surface area contributed by atoms with Crippen molar-refractivity contribution in [2.45, 2.75) is 37.7 Å². The van der Waals surface area contributed by atoms with Gasteiger partial charge in [-0.2, -0.15) is 17.5 Å². The van der Waals surface area contributed by atoms with Gasteiger partial charge in [-0.15, -0.1) is 11.3 Å². The molecule has 0 fully saturated rings. The fourth-order valence-corrected chi connectivity index (χ4v) is 4.87. The van der Waals surface area contributed by atoms with Crippen molar-refractivity contribution >= 4 is 21.4 Å². The largest absolute Gasteiger partial charge is 0.402 e. The summed E-state index contributed by atoms with van der Waals surface area (Å²) in [6.07, 6.45) is -4.55. The molecule has 0 bridgehead atoms. The molecule has 0 radical (unpaired) electrons. The van der Waals surface area contributed by atoms with Gasteiger partial charge in [-0.1, -0.05) is 13.8 Å². The number of halogens is 3. The summed E-state index contributed by atoms with van der Waals surface area (Å²) in [5.41, 5.74) is 0.766. The second kappa shape index (κ2) is 7.08. The quantitative estimate of drug-likeness (QED) is 0.827. The summed E-state index contributed by atoms with van der Waals surface area (Å²) in [5, 5.41) is 3.07. The SMILES string of the molecule is CCNCc1sc(S(=O)(=O)N(CC)CC(F)(F)F)cc1C. The summed E-state index contributed by atoms with van der Waals surface area (Å²) in [6, 6.07) is 1.44. The molecule has 0 unspecified atom stereocenters. The Morgan fingerprint density at radius 1 is 1.33 bits per heavy atom. The first-order valence-electron chi connectivity index (χ1n) is 6.48. The lowest BCUT2D eigenvalue weighted by atomic mass is 10.3. The first kappa shape index (κ1) is 18.4. The lowest BCUT2D eigenvalue weighted by Crippen LogP contribution is -2.38. The van der Waals surface area contributed by atoms with Crippen LogP contribution >= 0.6 is 11.3 Å². The number of alkyl halides is 3. The Balaban J connectivity index is 3.06. The zero-order chi connectivity index (χ0) is 16.3. The zero-order valence-electron chi connectivity index (χ0n) is 12.1. The molecule has 0 atom stereocenters. The van der Waals surface area contributed by atoms with Crippen molar-refractivity contribution < 1.29 is 21.6 Å². The fraction of sp³-hybridized carbons (Fsp3) is 0.667. The smallest absolute Gasteiger partial charge is 0.312 e. The highest BCUT2D eigenvalue weighted by Crippen LogP contribution is 2.30. The molecule has 0 saturated carbocycles. The number of nitrogens with zero attached hydrogens (tertiary/aromatic N) is 1. The van der Waals surface area contributed by atoms with E-state index in [0.717, 1.165) is 28.3 Å². The van der Waals surface area contributed by atoms with Crippen LogP contribution in [0.1, 0.15) is 24.3 Å². The Bertz CT molecular complexity index is 568. The van der Waals surface area contributed by atoms with E-state index in [2.05, 4.69) is 5.32 Å². The Morgan fingerprint density at radius 3 is 2.43 bits per heavy atom. The predicted molar refractivity (Wildman–Crippen MR) is 76.9 cm³/mol. The van der Waals surface area contributed by atoms with Crippen molar-refractivity contribution in [1.29, 1.82) is 0 Å². The van der Waals surface area contributed by atoms with Crippen LogP contribution < -0.4 is 5.32 Å². The molecule has 4 nitrogen and oxygen atoms in total. The maximum atomic E-state index is 12.5. The van der Waals surface area contributed by atoms with Gasteiger partial charge < -0.3 is 5.32 Å². The van der Waals surface area contributed by atoms with Crippen LogP contribution in [0.25, 0.3) is 0 Å². The van der Waals surface area contributed by atoms with Gasteiger partial charge in [0.1, 0.15) is 10.8 Å². The van der Waals surface area contributed by atoms with Crippen LogP contribution in [0.4, 0.5) is 13.2 Å². The van der Waals surface area contributed by atoms with Crippen molar-refractivity contribution in [3.8, 4) is 0 Å². The van der Waals surface area contributed by atoms with Crippen LogP contribution in [0.2, 0.25) is 0 Å². The van der Waals surface area contributed by atoms with Gasteiger partial charge in [0.15, 0.2) is 0 Å². The zero-order valence-corrected chi connectivity index (χ0v) is 13.8. The molecule has 1 rings (SSSR count). The lowest BCUT2D eigenvalue weighted by Gasteiger charge is -2.20. The van der Waals surface area contributed by atoms with E-state index in [9.17, 15) is 21.6 Å². The van der Waals surface area contributed by atoms with Gasteiger partial charge in [0, 0.05) is 18.0 Å². The van der Waals surface area contributed by atoms with Gasteiger partial charge in [0.05, 0.1) is 0 Å². The minimum Gasteiger partial charge on any atom is -0.312 e. The molecule has 0 amide bonds. The highest BCUT2D eigenvalue weighted by Gasteiger charge is 2.37. The van der Waals surface area contributed by atoms with Crippen molar-refractivity contribution in [3.05, 3.63) is 16.5 Å². The molecule has 9 heteroatoms. The number of aryl methyl sites for hydroxylation is 1. The molecule has 0 saturated heterocycles. The third-order valence-corrected chi connectivity index (χ3v) is 6.44. The van der Waals surface area contributed by atoms with E-state index in [1.54, 1.807) is 6.92 Å². The molecule has 0 aliphatic rings. The van der Waals surface area contributed by atoms with Crippen molar-refractivity contribution in [2.24, 2.45) is 0 Å². The molecule has 1 aromatic heterocycles. The molecule has 0 aromatic carbocycles. The number of sulfonamides is 1. The molecule has 0 aliphatic heterocycles. The normalized spacial score (nSPS) is 13.1. The van der Waals surface area contributed by atoms with Crippen LogP contribution in [0.5, 0.6) is 0 Å². The highest BCUT2D eigenvalue weighted by atomic mass is 32.2. The van der Waals surface area contributed by atoms with Gasteiger partial charge in [-0.05, 0) is 25.1 Å². The van der Waals surface area contributed by atoms with Crippen molar-refractivity contribution in [3.63, 3.8) is 0 Å². The number of nitrogens with one attached hydrogen (secondary N) is 1. The lowest BCUT2D eigenvalue weighted by molar-refractivity contribution is -0.135. The van der Waals surface area contributed by atoms with Crippen molar-refractivity contribution in [1.82, 2.24) is 9.62 Å². The van der Waals surface area contributed by atoms with Crippen LogP contribution in [0.3, 0.4) is 0 Å². The summed E-state index contributed by atoms with van der Waals surface area (Å²) < 4.78 is 62.4. The van der Waals surface area contributed by atoms with Crippen molar-refractivity contribution in [2.75, 3.05) is 19.6 Å². The Hall–Kier alpha value is -0.640. The van der Waals surface area contributed by atoms with Gasteiger partial charge >= 0.3 is 6.18 Å². The Morgan fingerprint density at radius 2 is 1.95 bits per heavy atom. The molecular formula is C12H19F3N2O2S2. The minimum absolute atomic E-state index is 0.0426. The third kappa shape index (κ3) is 4.94. The van der Waals surface area contributed by atoms with Gasteiger partial charge in [-0.25, -0.2) is 8.42 Å². The molecule has 0 aliphatic carbocycles. The average molecular weight is 344 g/mol. The van der Waals surface area contributed by atoms with E-state index < -0.39 is 22.7 Å². The van der Waals surface area contributed by atoms with Gasteiger partial charge in [0.2, 0.25) is 0 Å². The van der Waals surface area contributed by atoms with E-state index in [4.69, 9.17) is 0 Å². The monoisotopic (exact) mass is 344 g/mol. The highest BCUT2D eigenvalue weighted by molar-refractivity contribution is 7.91. The Labute approximate surface area is 127 Å².